The zero-order valence-corrected chi connectivity index (χ0v) is 24.9. The molecular weight excluding hydrogens is 552 g/mol. The van der Waals surface area contributed by atoms with E-state index in [1.54, 1.807) is 0 Å². The van der Waals surface area contributed by atoms with E-state index in [-0.39, 0.29) is 6.04 Å². The molecule has 4 heteroatoms. The highest BCUT2D eigenvalue weighted by atomic mass is 16.3. The molecule has 9 rings (SSSR count). The SMILES string of the molecule is C1=CCCC(C2=CC=CCC2N(C2=Cc3c(ccc4oc(-c5ccccc5)nc34)CC2)c2ccc3oc4ccccc4c3c2)=C1. The molecule has 2 aromatic heterocycles. The van der Waals surface area contributed by atoms with Gasteiger partial charge in [-0.2, -0.15) is 0 Å². The summed E-state index contributed by atoms with van der Waals surface area (Å²) in [5.74, 6) is 0.661. The summed E-state index contributed by atoms with van der Waals surface area (Å²) in [6.45, 7) is 0. The van der Waals surface area contributed by atoms with Gasteiger partial charge < -0.3 is 13.7 Å². The van der Waals surface area contributed by atoms with Gasteiger partial charge in [-0.15, -0.1) is 0 Å². The van der Waals surface area contributed by atoms with Gasteiger partial charge in [0.05, 0.1) is 6.04 Å². The Hall–Kier alpha value is -5.35. The summed E-state index contributed by atoms with van der Waals surface area (Å²) in [4.78, 5) is 7.64. The summed E-state index contributed by atoms with van der Waals surface area (Å²) in [5, 5.41) is 2.29. The molecule has 4 aromatic carbocycles. The molecular formula is C41H32N2O2. The molecule has 3 aliphatic carbocycles. The Labute approximate surface area is 262 Å². The van der Waals surface area contributed by atoms with Crippen LogP contribution in [0.3, 0.4) is 0 Å². The number of para-hydroxylation sites is 1. The quantitative estimate of drug-likeness (QED) is 0.202. The van der Waals surface area contributed by atoms with Gasteiger partial charge in [-0.05, 0) is 97.4 Å². The maximum atomic E-state index is 6.30. The lowest BCUT2D eigenvalue weighted by atomic mass is 9.85. The van der Waals surface area contributed by atoms with Crippen LogP contribution in [0.15, 0.2) is 147 Å². The minimum Gasteiger partial charge on any atom is -0.456 e. The van der Waals surface area contributed by atoms with Crippen LogP contribution < -0.4 is 4.90 Å². The van der Waals surface area contributed by atoms with Crippen molar-refractivity contribution < 1.29 is 8.83 Å². The molecule has 0 saturated carbocycles. The van der Waals surface area contributed by atoms with Crippen LogP contribution in [0.2, 0.25) is 0 Å². The van der Waals surface area contributed by atoms with Gasteiger partial charge >= 0.3 is 0 Å². The van der Waals surface area contributed by atoms with Gasteiger partial charge in [0, 0.05) is 33.3 Å². The number of anilines is 1. The third-order valence-electron chi connectivity index (χ3n) is 9.45. The van der Waals surface area contributed by atoms with E-state index in [2.05, 4.69) is 108 Å². The molecule has 4 nitrogen and oxygen atoms in total. The van der Waals surface area contributed by atoms with Gasteiger partial charge in [0.1, 0.15) is 16.7 Å². The molecule has 0 saturated heterocycles. The average molecular weight is 585 g/mol. The zero-order valence-electron chi connectivity index (χ0n) is 24.9. The zero-order chi connectivity index (χ0) is 29.7. The molecule has 0 radical (unpaired) electrons. The Morgan fingerprint density at radius 1 is 0.711 bits per heavy atom. The molecule has 218 valence electrons. The van der Waals surface area contributed by atoms with Gasteiger partial charge in [-0.1, -0.05) is 78.9 Å². The van der Waals surface area contributed by atoms with E-state index in [1.165, 1.54) is 28.1 Å². The monoisotopic (exact) mass is 584 g/mol. The van der Waals surface area contributed by atoms with Crippen molar-refractivity contribution in [2.24, 2.45) is 0 Å². The molecule has 0 bridgehead atoms. The molecule has 1 atom stereocenters. The first-order valence-electron chi connectivity index (χ1n) is 15.9. The maximum Gasteiger partial charge on any atom is 0.227 e. The average Bonchev–Trinajstić information content (AvgIpc) is 3.72. The molecule has 0 amide bonds. The second kappa shape index (κ2) is 10.7. The number of rotatable bonds is 5. The summed E-state index contributed by atoms with van der Waals surface area (Å²) >= 11 is 0. The lowest BCUT2D eigenvalue weighted by molar-refractivity contribution is 0.619. The molecule has 45 heavy (non-hydrogen) atoms. The number of benzene rings is 4. The first-order valence-corrected chi connectivity index (χ1v) is 15.9. The normalized spacial score (nSPS) is 17.8. The van der Waals surface area contributed by atoms with Crippen molar-refractivity contribution in [2.45, 2.75) is 38.1 Å². The summed E-state index contributed by atoms with van der Waals surface area (Å²) in [5.41, 5.74) is 12.4. The van der Waals surface area contributed by atoms with Crippen LogP contribution in [-0.2, 0) is 6.42 Å². The van der Waals surface area contributed by atoms with Crippen molar-refractivity contribution in [3.05, 3.63) is 149 Å². The van der Waals surface area contributed by atoms with Gasteiger partial charge in [0.2, 0.25) is 5.89 Å². The van der Waals surface area contributed by atoms with Crippen LogP contribution >= 0.6 is 0 Å². The largest absolute Gasteiger partial charge is 0.456 e. The fourth-order valence-electron chi connectivity index (χ4n) is 7.27. The summed E-state index contributed by atoms with van der Waals surface area (Å²) < 4.78 is 12.5. The maximum absolute atomic E-state index is 6.30. The Morgan fingerprint density at radius 2 is 1.56 bits per heavy atom. The van der Waals surface area contributed by atoms with E-state index >= 15 is 0 Å². The number of oxazole rings is 1. The molecule has 6 aromatic rings. The smallest absolute Gasteiger partial charge is 0.227 e. The Kier molecular flexibility index (Phi) is 6.19. The van der Waals surface area contributed by atoms with Gasteiger partial charge in [-0.25, -0.2) is 4.98 Å². The lowest BCUT2D eigenvalue weighted by Gasteiger charge is -2.40. The summed E-state index contributed by atoms with van der Waals surface area (Å²) in [6, 6.07) is 29.7. The minimum absolute atomic E-state index is 0.174. The van der Waals surface area contributed by atoms with E-state index in [9.17, 15) is 0 Å². The first-order chi connectivity index (χ1) is 22.3. The van der Waals surface area contributed by atoms with Crippen LogP contribution in [0.25, 0.3) is 50.6 Å². The number of hydrogen-bond donors (Lipinski definition) is 0. The second-order valence-corrected chi connectivity index (χ2v) is 12.1. The Morgan fingerprint density at radius 3 is 2.47 bits per heavy atom. The molecule has 0 fully saturated rings. The van der Waals surface area contributed by atoms with E-state index in [0.29, 0.717) is 5.89 Å². The lowest BCUT2D eigenvalue weighted by Crippen LogP contribution is -2.38. The minimum atomic E-state index is 0.174. The van der Waals surface area contributed by atoms with Crippen molar-refractivity contribution in [1.29, 1.82) is 0 Å². The third-order valence-corrected chi connectivity index (χ3v) is 9.45. The highest BCUT2D eigenvalue weighted by Crippen LogP contribution is 2.42. The summed E-state index contributed by atoms with van der Waals surface area (Å²) in [6.07, 6.45) is 21.0. The second-order valence-electron chi connectivity index (χ2n) is 12.1. The van der Waals surface area contributed by atoms with E-state index < -0.39 is 0 Å². The predicted octanol–water partition coefficient (Wildman–Crippen LogP) is 10.7. The van der Waals surface area contributed by atoms with Crippen molar-refractivity contribution in [3.8, 4) is 11.5 Å². The highest BCUT2D eigenvalue weighted by Gasteiger charge is 2.30. The molecule has 3 aliphatic rings. The van der Waals surface area contributed by atoms with Gasteiger partial charge in [0.25, 0.3) is 0 Å². The molecule has 1 unspecified atom stereocenters. The number of furan rings is 1. The number of aryl methyl sites for hydroxylation is 1. The third kappa shape index (κ3) is 4.48. The van der Waals surface area contributed by atoms with E-state index in [0.717, 1.165) is 76.3 Å². The Balaban J connectivity index is 1.22. The fraction of sp³-hybridized carbons (Fsp3) is 0.146. The van der Waals surface area contributed by atoms with Crippen molar-refractivity contribution >= 4 is 44.8 Å². The molecule has 0 aliphatic heterocycles. The van der Waals surface area contributed by atoms with Crippen molar-refractivity contribution in [1.82, 2.24) is 4.98 Å². The van der Waals surface area contributed by atoms with Crippen LogP contribution in [-0.4, -0.2) is 11.0 Å². The number of hydrogen-bond acceptors (Lipinski definition) is 4. The van der Waals surface area contributed by atoms with Gasteiger partial charge in [0.15, 0.2) is 5.58 Å². The number of allylic oxidation sites excluding steroid dienone is 6. The van der Waals surface area contributed by atoms with E-state index in [4.69, 9.17) is 13.8 Å². The fourth-order valence-corrected chi connectivity index (χ4v) is 7.27. The standard InChI is InChI=1S/C41H32N2O2/c1-3-11-27(12-4-1)32-15-7-9-17-36(32)43(31-22-24-38-35(26-31)33-16-8-10-18-37(33)44-38)30-21-19-28-20-23-39-40(34(28)25-30)42-41(45-39)29-13-5-2-6-14-29/h1-3,5-11,13-16,18,20,22-26,36H,4,12,17,19,21H2. The summed E-state index contributed by atoms with van der Waals surface area (Å²) in [7, 11) is 0. The van der Waals surface area contributed by atoms with Crippen LogP contribution in [0, 0.1) is 0 Å². The number of aromatic nitrogens is 1. The topological polar surface area (TPSA) is 42.4 Å². The number of fused-ring (bicyclic) bond motifs is 6. The highest BCUT2D eigenvalue weighted by molar-refractivity contribution is 6.06. The molecule has 2 heterocycles. The number of nitrogens with zero attached hydrogens (tertiary/aromatic N) is 2. The molecule has 0 N–H and O–H groups in total. The predicted molar refractivity (Wildman–Crippen MR) is 184 cm³/mol. The van der Waals surface area contributed by atoms with Crippen molar-refractivity contribution in [2.75, 3.05) is 4.90 Å². The van der Waals surface area contributed by atoms with Crippen LogP contribution in [0.4, 0.5) is 5.69 Å². The van der Waals surface area contributed by atoms with Crippen LogP contribution in [0.1, 0.15) is 36.8 Å². The van der Waals surface area contributed by atoms with Gasteiger partial charge in [-0.3, -0.25) is 0 Å². The first kappa shape index (κ1) is 26.1. The molecule has 0 spiro atoms. The van der Waals surface area contributed by atoms with Crippen molar-refractivity contribution in [3.63, 3.8) is 0 Å². The van der Waals surface area contributed by atoms with E-state index in [1.807, 2.05) is 24.3 Å². The van der Waals surface area contributed by atoms with Crippen LogP contribution in [0.5, 0.6) is 0 Å². The Bertz CT molecular complexity index is 2260.